The van der Waals surface area contributed by atoms with Crippen LogP contribution in [0.5, 0.6) is 0 Å². The van der Waals surface area contributed by atoms with E-state index in [0.29, 0.717) is 6.42 Å². The Labute approximate surface area is 91.3 Å². The van der Waals surface area contributed by atoms with Crippen molar-refractivity contribution in [3.05, 3.63) is 0 Å². The van der Waals surface area contributed by atoms with Gasteiger partial charge in [-0.15, -0.1) is 0 Å². The Kier molecular flexibility index (Phi) is 5.24. The SMILES string of the molecule is CCC(C)(C)C(=O)OCC(C)(CO)CO. The topological polar surface area (TPSA) is 66.8 Å². The largest absolute Gasteiger partial charge is 0.465 e. The molecular formula is C11H22O4. The number of carbonyl (C=O) groups excluding carboxylic acids is 1. The number of carbonyl (C=O) groups is 1. The molecule has 0 aliphatic carbocycles. The highest BCUT2D eigenvalue weighted by Gasteiger charge is 2.30. The third-order valence-electron chi connectivity index (χ3n) is 2.75. The van der Waals surface area contributed by atoms with E-state index >= 15 is 0 Å². The van der Waals surface area contributed by atoms with Crippen LogP contribution in [0.3, 0.4) is 0 Å². The first-order valence-electron chi connectivity index (χ1n) is 5.20. The highest BCUT2D eigenvalue weighted by atomic mass is 16.5. The molecule has 4 nitrogen and oxygen atoms in total. The monoisotopic (exact) mass is 218 g/mol. The third kappa shape index (κ3) is 4.18. The lowest BCUT2D eigenvalue weighted by Crippen LogP contribution is -2.35. The van der Waals surface area contributed by atoms with E-state index in [9.17, 15) is 4.79 Å². The molecule has 2 N–H and O–H groups in total. The summed E-state index contributed by atoms with van der Waals surface area (Å²) < 4.78 is 5.09. The van der Waals surface area contributed by atoms with Gasteiger partial charge in [0.2, 0.25) is 0 Å². The summed E-state index contributed by atoms with van der Waals surface area (Å²) in [4.78, 5) is 11.6. The summed E-state index contributed by atoms with van der Waals surface area (Å²) >= 11 is 0. The van der Waals surface area contributed by atoms with Gasteiger partial charge in [0.25, 0.3) is 0 Å². The van der Waals surface area contributed by atoms with Crippen LogP contribution in [0.15, 0.2) is 0 Å². The van der Waals surface area contributed by atoms with E-state index in [-0.39, 0.29) is 25.8 Å². The molecule has 0 radical (unpaired) electrons. The Bertz CT molecular complexity index is 207. The molecule has 15 heavy (non-hydrogen) atoms. The van der Waals surface area contributed by atoms with Gasteiger partial charge in [0.1, 0.15) is 6.61 Å². The fraction of sp³-hybridized carbons (Fsp3) is 0.909. The highest BCUT2D eigenvalue weighted by molar-refractivity contribution is 5.75. The molecule has 0 aromatic heterocycles. The van der Waals surface area contributed by atoms with E-state index in [1.54, 1.807) is 6.92 Å². The molecule has 0 saturated heterocycles. The fourth-order valence-electron chi connectivity index (χ4n) is 0.721. The molecule has 0 rings (SSSR count). The number of aliphatic hydroxyl groups excluding tert-OH is 2. The van der Waals surface area contributed by atoms with E-state index in [0.717, 1.165) is 0 Å². The minimum absolute atomic E-state index is 0.0439. The van der Waals surface area contributed by atoms with E-state index in [1.165, 1.54) is 0 Å². The lowest BCUT2D eigenvalue weighted by molar-refractivity contribution is -0.159. The molecule has 0 aliphatic heterocycles. The maximum absolute atomic E-state index is 11.6. The van der Waals surface area contributed by atoms with Crippen molar-refractivity contribution in [2.75, 3.05) is 19.8 Å². The number of aliphatic hydroxyl groups is 2. The minimum atomic E-state index is -0.751. The minimum Gasteiger partial charge on any atom is -0.465 e. The zero-order valence-corrected chi connectivity index (χ0v) is 10.0. The Morgan fingerprint density at radius 3 is 2.00 bits per heavy atom. The van der Waals surface area contributed by atoms with Gasteiger partial charge in [0.15, 0.2) is 0 Å². The lowest BCUT2D eigenvalue weighted by atomic mass is 9.90. The second-order valence-electron chi connectivity index (χ2n) is 4.94. The van der Waals surface area contributed by atoms with Crippen molar-refractivity contribution in [3.63, 3.8) is 0 Å². The van der Waals surface area contributed by atoms with E-state index in [1.807, 2.05) is 20.8 Å². The average molecular weight is 218 g/mol. The van der Waals surface area contributed by atoms with Crippen molar-refractivity contribution in [2.45, 2.75) is 34.1 Å². The molecule has 0 aromatic carbocycles. The summed E-state index contributed by atoms with van der Waals surface area (Å²) in [5.41, 5.74) is -1.26. The quantitative estimate of drug-likeness (QED) is 0.652. The van der Waals surface area contributed by atoms with Gasteiger partial charge in [-0.1, -0.05) is 13.8 Å². The molecule has 0 atom stereocenters. The Morgan fingerprint density at radius 1 is 1.20 bits per heavy atom. The number of ether oxygens (including phenoxy) is 1. The van der Waals surface area contributed by atoms with Crippen LogP contribution >= 0.6 is 0 Å². The van der Waals surface area contributed by atoms with Crippen LogP contribution in [0.25, 0.3) is 0 Å². The third-order valence-corrected chi connectivity index (χ3v) is 2.75. The zero-order chi connectivity index (χ0) is 12.1. The van der Waals surface area contributed by atoms with Crippen molar-refractivity contribution in [1.82, 2.24) is 0 Å². The zero-order valence-electron chi connectivity index (χ0n) is 10.0. The fourth-order valence-corrected chi connectivity index (χ4v) is 0.721. The van der Waals surface area contributed by atoms with Crippen LogP contribution in [-0.4, -0.2) is 36.0 Å². The van der Waals surface area contributed by atoms with E-state index in [2.05, 4.69) is 0 Å². The average Bonchev–Trinajstić information content (AvgIpc) is 2.25. The van der Waals surface area contributed by atoms with Gasteiger partial charge in [-0.05, 0) is 20.3 Å². The number of hydrogen-bond donors (Lipinski definition) is 2. The molecule has 0 fully saturated rings. The van der Waals surface area contributed by atoms with Crippen LogP contribution in [0.4, 0.5) is 0 Å². The van der Waals surface area contributed by atoms with Crippen molar-refractivity contribution in [1.29, 1.82) is 0 Å². The number of esters is 1. The van der Waals surface area contributed by atoms with Gasteiger partial charge in [-0.2, -0.15) is 0 Å². The Balaban J connectivity index is 4.22. The molecule has 0 aliphatic rings. The molecule has 0 spiro atoms. The Morgan fingerprint density at radius 2 is 1.67 bits per heavy atom. The predicted molar refractivity (Wildman–Crippen MR) is 57.3 cm³/mol. The summed E-state index contributed by atoms with van der Waals surface area (Å²) in [7, 11) is 0. The summed E-state index contributed by atoms with van der Waals surface area (Å²) in [6.07, 6.45) is 0.695. The second-order valence-corrected chi connectivity index (χ2v) is 4.94. The maximum Gasteiger partial charge on any atom is 0.311 e. The van der Waals surface area contributed by atoms with Crippen LogP contribution < -0.4 is 0 Å². The summed E-state index contributed by atoms with van der Waals surface area (Å²) in [5.74, 6) is -0.293. The smallest absolute Gasteiger partial charge is 0.311 e. The van der Waals surface area contributed by atoms with Gasteiger partial charge in [0.05, 0.1) is 18.6 Å². The molecule has 4 heteroatoms. The molecule has 0 unspecified atom stereocenters. The Hall–Kier alpha value is -0.610. The number of rotatable bonds is 6. The molecule has 0 saturated carbocycles. The summed E-state index contributed by atoms with van der Waals surface area (Å²) in [6.45, 7) is 6.84. The van der Waals surface area contributed by atoms with Gasteiger partial charge in [0, 0.05) is 5.41 Å². The summed E-state index contributed by atoms with van der Waals surface area (Å²) in [6, 6.07) is 0. The van der Waals surface area contributed by atoms with Crippen molar-refractivity contribution < 1.29 is 19.7 Å². The first-order chi connectivity index (χ1) is 6.81. The predicted octanol–water partition coefficient (Wildman–Crippen LogP) is 0.957. The molecular weight excluding hydrogens is 196 g/mol. The normalized spacial score (nSPS) is 12.7. The molecule has 0 aromatic rings. The van der Waals surface area contributed by atoms with Crippen molar-refractivity contribution in [3.8, 4) is 0 Å². The van der Waals surface area contributed by atoms with E-state index < -0.39 is 10.8 Å². The van der Waals surface area contributed by atoms with E-state index in [4.69, 9.17) is 14.9 Å². The molecule has 0 heterocycles. The van der Waals surface area contributed by atoms with Gasteiger partial charge in [-0.25, -0.2) is 0 Å². The van der Waals surface area contributed by atoms with Gasteiger partial charge >= 0.3 is 5.97 Å². The standard InChI is InChI=1S/C11H22O4/c1-5-10(2,3)9(14)15-8-11(4,6-12)7-13/h12-13H,5-8H2,1-4H3. The lowest BCUT2D eigenvalue weighted by Gasteiger charge is -2.27. The van der Waals surface area contributed by atoms with Crippen molar-refractivity contribution in [2.24, 2.45) is 10.8 Å². The van der Waals surface area contributed by atoms with Crippen LogP contribution in [-0.2, 0) is 9.53 Å². The highest BCUT2D eigenvalue weighted by Crippen LogP contribution is 2.23. The van der Waals surface area contributed by atoms with Crippen LogP contribution in [0, 0.1) is 10.8 Å². The van der Waals surface area contributed by atoms with Gasteiger partial charge in [-0.3, -0.25) is 4.79 Å². The molecule has 90 valence electrons. The first kappa shape index (κ1) is 14.4. The van der Waals surface area contributed by atoms with Crippen LogP contribution in [0.2, 0.25) is 0 Å². The summed E-state index contributed by atoms with van der Waals surface area (Å²) in [5, 5.41) is 18.0. The maximum atomic E-state index is 11.6. The van der Waals surface area contributed by atoms with Crippen molar-refractivity contribution >= 4 is 5.97 Å². The molecule has 0 amide bonds. The first-order valence-corrected chi connectivity index (χ1v) is 5.20. The van der Waals surface area contributed by atoms with Crippen LogP contribution in [0.1, 0.15) is 34.1 Å². The second kappa shape index (κ2) is 5.47. The molecule has 0 bridgehead atoms. The van der Waals surface area contributed by atoms with Gasteiger partial charge < -0.3 is 14.9 Å². The number of hydrogen-bond acceptors (Lipinski definition) is 4.